The summed E-state index contributed by atoms with van der Waals surface area (Å²) in [5.41, 5.74) is 5.54. The molecule has 1 saturated heterocycles. The third kappa shape index (κ3) is 1.34. The Hall–Kier alpha value is -0.190. The average Bonchev–Trinajstić information content (AvgIpc) is 2.47. The fraction of sp³-hybridized carbons (Fsp3) is 1.00. The Labute approximate surface area is 71.0 Å². The minimum Gasteiger partial charge on any atom is -0.347 e. The third-order valence-electron chi connectivity index (χ3n) is 2.64. The van der Waals surface area contributed by atoms with Crippen LogP contribution < -0.4 is 5.73 Å². The Kier molecular flexibility index (Phi) is 2.06. The first kappa shape index (κ1) is 8.41. The molecule has 2 atom stereocenters. The Morgan fingerprint density at radius 2 is 2.00 bits per heavy atom. The summed E-state index contributed by atoms with van der Waals surface area (Å²) in [6.07, 6.45) is 0.709. The molecule has 2 fully saturated rings. The maximum atomic E-state index is 13.2. The van der Waals surface area contributed by atoms with Crippen molar-refractivity contribution in [3.63, 3.8) is 0 Å². The summed E-state index contributed by atoms with van der Waals surface area (Å²) in [4.78, 5) is 0. The Morgan fingerprint density at radius 1 is 1.33 bits per heavy atom. The van der Waals surface area contributed by atoms with E-state index < -0.39 is 12.0 Å². The molecule has 3 nitrogen and oxygen atoms in total. The number of nitrogens with two attached hydrogens (primary N) is 1. The number of halogens is 1. The molecule has 1 saturated carbocycles. The lowest BCUT2D eigenvalue weighted by Gasteiger charge is -2.36. The zero-order valence-electron chi connectivity index (χ0n) is 6.96. The van der Waals surface area contributed by atoms with Crippen LogP contribution in [-0.4, -0.2) is 31.2 Å². The van der Waals surface area contributed by atoms with E-state index in [2.05, 4.69) is 0 Å². The highest BCUT2D eigenvalue weighted by molar-refractivity contribution is 4.89. The molecular weight excluding hydrogens is 161 g/mol. The van der Waals surface area contributed by atoms with Crippen molar-refractivity contribution >= 4 is 0 Å². The van der Waals surface area contributed by atoms with Crippen LogP contribution >= 0.6 is 0 Å². The molecule has 0 radical (unpaired) electrons. The van der Waals surface area contributed by atoms with Crippen LogP contribution in [0.1, 0.15) is 19.3 Å². The van der Waals surface area contributed by atoms with Crippen molar-refractivity contribution in [2.24, 2.45) is 5.73 Å². The summed E-state index contributed by atoms with van der Waals surface area (Å²) < 4.78 is 24.0. The maximum absolute atomic E-state index is 13.2. The molecule has 0 unspecified atom stereocenters. The molecule has 0 aromatic heterocycles. The number of alkyl halides is 1. The highest BCUT2D eigenvalue weighted by atomic mass is 19.1. The number of hydrogen-bond acceptors (Lipinski definition) is 3. The van der Waals surface area contributed by atoms with Gasteiger partial charge in [0, 0.05) is 18.9 Å². The molecule has 1 aliphatic heterocycles. The zero-order chi connectivity index (χ0) is 8.60. The highest BCUT2D eigenvalue weighted by Crippen LogP contribution is 2.36. The predicted octanol–water partition coefficient (Wildman–Crippen LogP) is 0.579. The Bertz CT molecular complexity index is 170. The van der Waals surface area contributed by atoms with Gasteiger partial charge in [0.15, 0.2) is 5.79 Å². The van der Waals surface area contributed by atoms with Crippen LogP contribution in [0.5, 0.6) is 0 Å². The summed E-state index contributed by atoms with van der Waals surface area (Å²) in [5, 5.41) is 0. The van der Waals surface area contributed by atoms with Gasteiger partial charge in [0.25, 0.3) is 0 Å². The van der Waals surface area contributed by atoms with Crippen molar-refractivity contribution in [3.8, 4) is 0 Å². The maximum Gasteiger partial charge on any atom is 0.171 e. The molecular formula is C8H14FNO2. The lowest BCUT2D eigenvalue weighted by atomic mass is 9.89. The van der Waals surface area contributed by atoms with Crippen molar-refractivity contribution in [1.82, 2.24) is 0 Å². The van der Waals surface area contributed by atoms with Gasteiger partial charge in [-0.05, 0) is 6.42 Å². The number of hydrogen-bond donors (Lipinski definition) is 1. The second kappa shape index (κ2) is 2.94. The number of rotatable bonds is 0. The number of ether oxygens (including phenoxy) is 2. The molecule has 0 bridgehead atoms. The topological polar surface area (TPSA) is 44.5 Å². The van der Waals surface area contributed by atoms with E-state index in [9.17, 15) is 4.39 Å². The molecule has 1 heterocycles. The van der Waals surface area contributed by atoms with Gasteiger partial charge in [0.2, 0.25) is 0 Å². The molecule has 1 spiro atoms. The third-order valence-corrected chi connectivity index (χ3v) is 2.64. The van der Waals surface area contributed by atoms with E-state index in [1.165, 1.54) is 0 Å². The second-order valence-corrected chi connectivity index (χ2v) is 3.53. The van der Waals surface area contributed by atoms with Crippen LogP contribution in [0.3, 0.4) is 0 Å². The first-order valence-corrected chi connectivity index (χ1v) is 4.39. The zero-order valence-corrected chi connectivity index (χ0v) is 6.96. The molecule has 70 valence electrons. The smallest absolute Gasteiger partial charge is 0.171 e. The van der Waals surface area contributed by atoms with Crippen LogP contribution in [0.4, 0.5) is 4.39 Å². The van der Waals surface area contributed by atoms with Crippen molar-refractivity contribution in [2.75, 3.05) is 13.2 Å². The first-order chi connectivity index (χ1) is 5.72. The molecule has 0 aromatic carbocycles. The fourth-order valence-corrected chi connectivity index (χ4v) is 1.88. The van der Waals surface area contributed by atoms with Gasteiger partial charge in [-0.2, -0.15) is 0 Å². The van der Waals surface area contributed by atoms with Gasteiger partial charge in [-0.3, -0.25) is 0 Å². The molecule has 2 rings (SSSR count). The first-order valence-electron chi connectivity index (χ1n) is 4.39. The van der Waals surface area contributed by atoms with E-state index in [0.717, 1.165) is 6.42 Å². The highest BCUT2D eigenvalue weighted by Gasteiger charge is 2.44. The molecule has 4 heteroatoms. The van der Waals surface area contributed by atoms with Gasteiger partial charge in [-0.15, -0.1) is 0 Å². The van der Waals surface area contributed by atoms with Crippen molar-refractivity contribution in [3.05, 3.63) is 0 Å². The lowest BCUT2D eigenvalue weighted by molar-refractivity contribution is -0.190. The standard InChI is InChI=1S/C8H14FNO2/c9-6-5-8(2-1-7(6)10)11-3-4-12-8/h6-7H,1-5,10H2/t6-,7+/m0/s1. The van der Waals surface area contributed by atoms with Gasteiger partial charge in [0.1, 0.15) is 6.17 Å². The SMILES string of the molecule is N[C@@H]1CCC2(C[C@@H]1F)OCCO2. The van der Waals surface area contributed by atoms with Crippen molar-refractivity contribution in [2.45, 2.75) is 37.3 Å². The average molecular weight is 175 g/mol. The van der Waals surface area contributed by atoms with Crippen LogP contribution in [0.2, 0.25) is 0 Å². The van der Waals surface area contributed by atoms with E-state index in [-0.39, 0.29) is 6.04 Å². The quantitative estimate of drug-likeness (QED) is 0.585. The molecule has 12 heavy (non-hydrogen) atoms. The largest absolute Gasteiger partial charge is 0.347 e. The van der Waals surface area contributed by atoms with Crippen molar-refractivity contribution in [1.29, 1.82) is 0 Å². The Morgan fingerprint density at radius 3 is 2.58 bits per heavy atom. The Balaban J connectivity index is 2.01. The van der Waals surface area contributed by atoms with Crippen LogP contribution in [0.15, 0.2) is 0 Å². The predicted molar refractivity (Wildman–Crippen MR) is 41.4 cm³/mol. The summed E-state index contributed by atoms with van der Waals surface area (Å²) in [6.45, 7) is 1.17. The van der Waals surface area contributed by atoms with Gasteiger partial charge >= 0.3 is 0 Å². The monoisotopic (exact) mass is 175 g/mol. The normalized spacial score (nSPS) is 40.5. The summed E-state index contributed by atoms with van der Waals surface area (Å²) in [7, 11) is 0. The van der Waals surface area contributed by atoms with Gasteiger partial charge < -0.3 is 15.2 Å². The van der Waals surface area contributed by atoms with E-state index in [0.29, 0.717) is 26.1 Å². The summed E-state index contributed by atoms with van der Waals surface area (Å²) in [6, 6.07) is -0.330. The summed E-state index contributed by atoms with van der Waals surface area (Å²) >= 11 is 0. The van der Waals surface area contributed by atoms with E-state index >= 15 is 0 Å². The second-order valence-electron chi connectivity index (χ2n) is 3.53. The van der Waals surface area contributed by atoms with Crippen LogP contribution in [-0.2, 0) is 9.47 Å². The summed E-state index contributed by atoms with van der Waals surface area (Å²) in [5.74, 6) is -0.630. The minimum atomic E-state index is -0.975. The van der Waals surface area contributed by atoms with Crippen LogP contribution in [0, 0.1) is 0 Å². The van der Waals surface area contributed by atoms with Gasteiger partial charge in [-0.25, -0.2) is 4.39 Å². The molecule has 0 aromatic rings. The van der Waals surface area contributed by atoms with Gasteiger partial charge in [-0.1, -0.05) is 0 Å². The molecule has 2 aliphatic rings. The fourth-order valence-electron chi connectivity index (χ4n) is 1.88. The molecule has 1 aliphatic carbocycles. The van der Waals surface area contributed by atoms with Crippen molar-refractivity contribution < 1.29 is 13.9 Å². The lowest BCUT2D eigenvalue weighted by Crippen LogP contribution is -2.47. The van der Waals surface area contributed by atoms with E-state index in [1.54, 1.807) is 0 Å². The van der Waals surface area contributed by atoms with Gasteiger partial charge in [0.05, 0.1) is 13.2 Å². The van der Waals surface area contributed by atoms with E-state index in [1.807, 2.05) is 0 Å². The minimum absolute atomic E-state index is 0.300. The van der Waals surface area contributed by atoms with Crippen LogP contribution in [0.25, 0.3) is 0 Å². The molecule has 0 amide bonds. The molecule has 2 N–H and O–H groups in total. The van der Waals surface area contributed by atoms with E-state index in [4.69, 9.17) is 15.2 Å².